The van der Waals surface area contributed by atoms with Gasteiger partial charge in [0.2, 0.25) is 5.91 Å². The monoisotopic (exact) mass is 366 g/mol. The minimum absolute atomic E-state index is 0. The van der Waals surface area contributed by atoms with Crippen LogP contribution in [0.4, 0.5) is 0 Å². The fourth-order valence-electron chi connectivity index (χ4n) is 1.89. The fraction of sp³-hybridized carbons (Fsp3) is 0.667. The van der Waals surface area contributed by atoms with Crippen molar-refractivity contribution in [3.8, 4) is 0 Å². The lowest BCUT2D eigenvalue weighted by molar-refractivity contribution is -0.119. The summed E-state index contributed by atoms with van der Waals surface area (Å²) in [5.41, 5.74) is 5.86. The van der Waals surface area contributed by atoms with Gasteiger partial charge in [0.1, 0.15) is 6.54 Å². The Labute approximate surface area is 126 Å². The standard InChI is InChI=1S/C12H22N4O.HI/c1-3-6-14-11(17)8-15-12(13)16-7-4-5-10(2)9-16;/h3,10H,1,4-9H2,2H3,(H2,13,15)(H,14,17);1H. The van der Waals surface area contributed by atoms with Gasteiger partial charge in [0.15, 0.2) is 5.96 Å². The van der Waals surface area contributed by atoms with E-state index >= 15 is 0 Å². The number of aliphatic imine (C=N–C) groups is 1. The number of rotatable bonds is 4. The lowest BCUT2D eigenvalue weighted by atomic mass is 10.0. The number of nitrogens with one attached hydrogen (secondary N) is 1. The quantitative estimate of drug-likeness (QED) is 0.337. The zero-order chi connectivity index (χ0) is 12.7. The minimum Gasteiger partial charge on any atom is -0.370 e. The van der Waals surface area contributed by atoms with E-state index in [1.165, 1.54) is 6.42 Å². The van der Waals surface area contributed by atoms with Crippen LogP contribution in [0, 0.1) is 5.92 Å². The molecule has 1 fully saturated rings. The maximum atomic E-state index is 11.3. The smallest absolute Gasteiger partial charge is 0.242 e. The highest BCUT2D eigenvalue weighted by Gasteiger charge is 2.17. The predicted molar refractivity (Wildman–Crippen MR) is 85.1 cm³/mol. The Morgan fingerprint density at radius 1 is 1.67 bits per heavy atom. The average Bonchev–Trinajstić information content (AvgIpc) is 2.33. The number of hydrogen-bond acceptors (Lipinski definition) is 2. The second kappa shape index (κ2) is 9.18. The third kappa shape index (κ3) is 6.23. The number of nitrogens with zero attached hydrogens (tertiary/aromatic N) is 2. The minimum atomic E-state index is -0.127. The van der Waals surface area contributed by atoms with E-state index in [2.05, 4.69) is 28.7 Å². The topological polar surface area (TPSA) is 70.7 Å². The molecule has 0 saturated carbocycles. The van der Waals surface area contributed by atoms with Crippen LogP contribution in [-0.4, -0.2) is 42.9 Å². The van der Waals surface area contributed by atoms with E-state index in [0.29, 0.717) is 18.4 Å². The van der Waals surface area contributed by atoms with Crippen LogP contribution < -0.4 is 11.1 Å². The first kappa shape index (κ1) is 17.2. The van der Waals surface area contributed by atoms with Crippen molar-refractivity contribution < 1.29 is 4.79 Å². The van der Waals surface area contributed by atoms with E-state index in [9.17, 15) is 4.79 Å². The molecule has 18 heavy (non-hydrogen) atoms. The number of hydrogen-bond donors (Lipinski definition) is 2. The van der Waals surface area contributed by atoms with Gasteiger partial charge in [0.05, 0.1) is 0 Å². The number of nitrogens with two attached hydrogens (primary N) is 1. The van der Waals surface area contributed by atoms with Crippen molar-refractivity contribution in [1.82, 2.24) is 10.2 Å². The number of likely N-dealkylation sites (tertiary alicyclic amines) is 1. The molecule has 0 spiro atoms. The van der Waals surface area contributed by atoms with E-state index in [4.69, 9.17) is 5.73 Å². The predicted octanol–water partition coefficient (Wildman–Crippen LogP) is 0.953. The first-order chi connectivity index (χ1) is 8.13. The summed E-state index contributed by atoms with van der Waals surface area (Å²) in [5.74, 6) is 0.996. The summed E-state index contributed by atoms with van der Waals surface area (Å²) in [6, 6.07) is 0. The molecule has 0 aromatic heterocycles. The second-order valence-electron chi connectivity index (χ2n) is 4.46. The van der Waals surface area contributed by atoms with E-state index in [0.717, 1.165) is 19.5 Å². The van der Waals surface area contributed by atoms with Gasteiger partial charge in [-0.05, 0) is 18.8 Å². The summed E-state index contributed by atoms with van der Waals surface area (Å²) in [6.07, 6.45) is 4.01. The summed E-state index contributed by atoms with van der Waals surface area (Å²) < 4.78 is 0. The number of halogens is 1. The molecule has 1 saturated heterocycles. The second-order valence-corrected chi connectivity index (χ2v) is 4.46. The van der Waals surface area contributed by atoms with E-state index in [1.54, 1.807) is 6.08 Å². The molecule has 1 unspecified atom stereocenters. The Morgan fingerprint density at radius 3 is 3.00 bits per heavy atom. The zero-order valence-electron chi connectivity index (χ0n) is 10.9. The number of carbonyl (C=O) groups is 1. The van der Waals surface area contributed by atoms with Gasteiger partial charge in [0, 0.05) is 19.6 Å². The highest BCUT2D eigenvalue weighted by atomic mass is 127. The molecular weight excluding hydrogens is 343 g/mol. The van der Waals surface area contributed by atoms with Crippen LogP contribution in [-0.2, 0) is 4.79 Å². The van der Waals surface area contributed by atoms with E-state index < -0.39 is 0 Å². The average molecular weight is 366 g/mol. The van der Waals surface area contributed by atoms with Crippen LogP contribution in [0.25, 0.3) is 0 Å². The Kier molecular flexibility index (Phi) is 8.78. The van der Waals surface area contributed by atoms with Crippen molar-refractivity contribution in [1.29, 1.82) is 0 Å². The van der Waals surface area contributed by atoms with Crippen molar-refractivity contribution in [2.45, 2.75) is 19.8 Å². The number of carbonyl (C=O) groups excluding carboxylic acids is 1. The van der Waals surface area contributed by atoms with Gasteiger partial charge in [-0.25, -0.2) is 4.99 Å². The number of amides is 1. The third-order valence-corrected chi connectivity index (χ3v) is 2.81. The first-order valence-corrected chi connectivity index (χ1v) is 6.06. The van der Waals surface area contributed by atoms with Crippen molar-refractivity contribution in [2.75, 3.05) is 26.2 Å². The summed E-state index contributed by atoms with van der Waals surface area (Å²) in [5, 5.41) is 2.66. The van der Waals surface area contributed by atoms with Crippen LogP contribution >= 0.6 is 24.0 Å². The number of piperidine rings is 1. The molecular formula is C12H23IN4O. The Hall–Kier alpha value is -0.790. The molecule has 0 radical (unpaired) electrons. The molecule has 1 rings (SSSR count). The lowest BCUT2D eigenvalue weighted by Crippen LogP contribution is -2.44. The molecule has 0 bridgehead atoms. The molecule has 6 heteroatoms. The van der Waals surface area contributed by atoms with Crippen molar-refractivity contribution >= 4 is 35.8 Å². The molecule has 1 aliphatic heterocycles. The molecule has 0 aromatic carbocycles. The van der Waals surface area contributed by atoms with Gasteiger partial charge in [-0.15, -0.1) is 30.6 Å². The highest BCUT2D eigenvalue weighted by Crippen LogP contribution is 2.14. The van der Waals surface area contributed by atoms with Gasteiger partial charge >= 0.3 is 0 Å². The Bertz CT molecular complexity index is 306. The summed E-state index contributed by atoms with van der Waals surface area (Å²) in [4.78, 5) is 17.5. The molecule has 1 heterocycles. The van der Waals surface area contributed by atoms with Crippen LogP contribution in [0.3, 0.4) is 0 Å². The van der Waals surface area contributed by atoms with Gasteiger partial charge < -0.3 is 16.0 Å². The van der Waals surface area contributed by atoms with Crippen molar-refractivity contribution in [3.63, 3.8) is 0 Å². The maximum absolute atomic E-state index is 11.3. The lowest BCUT2D eigenvalue weighted by Gasteiger charge is -2.31. The summed E-state index contributed by atoms with van der Waals surface area (Å²) in [7, 11) is 0. The van der Waals surface area contributed by atoms with E-state index in [-0.39, 0.29) is 36.4 Å². The van der Waals surface area contributed by atoms with Gasteiger partial charge in [-0.1, -0.05) is 13.0 Å². The van der Waals surface area contributed by atoms with Gasteiger partial charge in [-0.2, -0.15) is 0 Å². The van der Waals surface area contributed by atoms with Crippen LogP contribution in [0.5, 0.6) is 0 Å². The van der Waals surface area contributed by atoms with Crippen LogP contribution in [0.15, 0.2) is 17.6 Å². The molecule has 1 atom stereocenters. The molecule has 104 valence electrons. The van der Waals surface area contributed by atoms with Crippen LogP contribution in [0.2, 0.25) is 0 Å². The SMILES string of the molecule is C=CCNC(=O)CN=C(N)N1CCCC(C)C1.I. The van der Waals surface area contributed by atoms with Crippen molar-refractivity contribution in [3.05, 3.63) is 12.7 Å². The summed E-state index contributed by atoms with van der Waals surface area (Å²) in [6.45, 7) is 8.16. The summed E-state index contributed by atoms with van der Waals surface area (Å²) >= 11 is 0. The molecule has 1 amide bonds. The zero-order valence-corrected chi connectivity index (χ0v) is 13.2. The van der Waals surface area contributed by atoms with Gasteiger partial charge in [-0.3, -0.25) is 4.79 Å². The first-order valence-electron chi connectivity index (χ1n) is 6.06. The third-order valence-electron chi connectivity index (χ3n) is 2.81. The normalized spacial score (nSPS) is 19.9. The maximum Gasteiger partial charge on any atom is 0.242 e. The van der Waals surface area contributed by atoms with Crippen molar-refractivity contribution in [2.24, 2.45) is 16.6 Å². The molecule has 3 N–H and O–H groups in total. The molecule has 1 aliphatic rings. The largest absolute Gasteiger partial charge is 0.370 e. The van der Waals surface area contributed by atoms with Gasteiger partial charge in [0.25, 0.3) is 0 Å². The molecule has 0 aromatic rings. The fourth-order valence-corrected chi connectivity index (χ4v) is 1.89. The Balaban J connectivity index is 0.00000289. The number of guanidine groups is 1. The Morgan fingerprint density at radius 2 is 2.39 bits per heavy atom. The van der Waals surface area contributed by atoms with Crippen LogP contribution in [0.1, 0.15) is 19.8 Å². The molecule has 0 aliphatic carbocycles. The van der Waals surface area contributed by atoms with E-state index in [1.807, 2.05) is 0 Å². The molecule has 5 nitrogen and oxygen atoms in total. The highest BCUT2D eigenvalue weighted by molar-refractivity contribution is 14.0.